The smallest absolute Gasteiger partial charge is 0.193 e. The number of aromatic nitrogens is 4. The molecule has 1 aromatic carbocycles. The number of hydrogen-bond donors (Lipinski definition) is 2. The molecular weight excluding hydrogens is 402 g/mol. The van der Waals surface area contributed by atoms with Crippen molar-refractivity contribution in [3.8, 4) is 11.8 Å². The summed E-state index contributed by atoms with van der Waals surface area (Å²) in [7, 11) is 3.76. The number of nitrogen functional groups attached to an aromatic ring is 1. The van der Waals surface area contributed by atoms with E-state index in [1.807, 2.05) is 55.3 Å². The molecule has 3 heterocycles. The first-order valence-corrected chi connectivity index (χ1v) is 10.9. The maximum absolute atomic E-state index is 9.58. The van der Waals surface area contributed by atoms with Crippen molar-refractivity contribution in [1.82, 2.24) is 29.8 Å². The summed E-state index contributed by atoms with van der Waals surface area (Å²) in [4.78, 5) is 6.75. The number of para-hydroxylation sites is 1. The molecule has 1 aliphatic heterocycles. The van der Waals surface area contributed by atoms with Gasteiger partial charge in [0.1, 0.15) is 17.5 Å². The lowest BCUT2D eigenvalue weighted by atomic mass is 10.0. The highest BCUT2D eigenvalue weighted by Gasteiger charge is 2.26. The number of likely N-dealkylation sites (tertiary alicyclic amines) is 1. The van der Waals surface area contributed by atoms with E-state index < -0.39 is 0 Å². The lowest BCUT2D eigenvalue weighted by molar-refractivity contribution is 0.484. The van der Waals surface area contributed by atoms with Gasteiger partial charge in [-0.15, -0.1) is 0 Å². The number of nitrogens with zero attached hydrogens (tertiary/aromatic N) is 7. The van der Waals surface area contributed by atoms with Gasteiger partial charge in [0.05, 0.1) is 17.6 Å². The number of hydrogen-bond acceptors (Lipinski definition) is 5. The van der Waals surface area contributed by atoms with Crippen LogP contribution >= 0.6 is 0 Å². The van der Waals surface area contributed by atoms with Crippen LogP contribution in [0.4, 0.5) is 5.82 Å². The minimum atomic E-state index is 0.385. The number of aliphatic imine (C=N–C) groups is 1. The molecule has 166 valence electrons. The molecule has 3 N–H and O–H groups in total. The van der Waals surface area contributed by atoms with Gasteiger partial charge in [-0.25, -0.2) is 4.68 Å². The fourth-order valence-electron chi connectivity index (χ4n) is 4.21. The van der Waals surface area contributed by atoms with E-state index in [2.05, 4.69) is 37.7 Å². The number of nitrogens with two attached hydrogens (primary N) is 1. The van der Waals surface area contributed by atoms with E-state index in [1.165, 1.54) is 5.56 Å². The molecule has 9 nitrogen and oxygen atoms in total. The molecule has 9 heteroatoms. The van der Waals surface area contributed by atoms with Crippen LogP contribution in [0, 0.1) is 11.3 Å². The first-order chi connectivity index (χ1) is 15.6. The summed E-state index contributed by atoms with van der Waals surface area (Å²) in [5, 5.41) is 21.9. The molecule has 0 amide bonds. The van der Waals surface area contributed by atoms with E-state index in [4.69, 9.17) is 5.73 Å². The Bertz CT molecular complexity index is 1120. The van der Waals surface area contributed by atoms with E-state index >= 15 is 0 Å². The molecule has 3 aromatic rings. The molecule has 0 aliphatic carbocycles. The average Bonchev–Trinajstić information content (AvgIpc) is 3.53. The second-order valence-electron chi connectivity index (χ2n) is 8.02. The predicted octanol–water partition coefficient (Wildman–Crippen LogP) is 2.06. The number of guanidine groups is 1. The molecule has 1 fully saturated rings. The lowest BCUT2D eigenvalue weighted by Gasteiger charge is -2.21. The van der Waals surface area contributed by atoms with Crippen molar-refractivity contribution in [3.63, 3.8) is 0 Å². The Kier molecular flexibility index (Phi) is 6.40. The molecule has 0 radical (unpaired) electrons. The Balaban J connectivity index is 1.32. The van der Waals surface area contributed by atoms with E-state index in [0.717, 1.165) is 49.8 Å². The normalized spacial score (nSPS) is 16.3. The zero-order chi connectivity index (χ0) is 22.5. The van der Waals surface area contributed by atoms with Crippen LogP contribution in [0.3, 0.4) is 0 Å². The molecule has 0 saturated carbocycles. The zero-order valence-corrected chi connectivity index (χ0v) is 18.6. The Labute approximate surface area is 188 Å². The minimum Gasteiger partial charge on any atom is -0.382 e. The van der Waals surface area contributed by atoms with Crippen LogP contribution in [0.15, 0.2) is 47.7 Å². The highest BCUT2D eigenvalue weighted by molar-refractivity contribution is 5.80. The molecule has 1 unspecified atom stereocenters. The molecule has 1 aliphatic rings. The Hall–Kier alpha value is -3.80. The Morgan fingerprint density at radius 2 is 2.16 bits per heavy atom. The Morgan fingerprint density at radius 1 is 1.34 bits per heavy atom. The van der Waals surface area contributed by atoms with Gasteiger partial charge in [-0.1, -0.05) is 18.2 Å². The SMILES string of the molecule is CN=C(NCCCc1nn(-c2ccccc2)c(N)c1C#N)N1CCC(c2cnn(C)c2)C1. The van der Waals surface area contributed by atoms with Crippen molar-refractivity contribution >= 4 is 11.8 Å². The van der Waals surface area contributed by atoms with Gasteiger partial charge in [0.2, 0.25) is 0 Å². The largest absolute Gasteiger partial charge is 0.382 e. The summed E-state index contributed by atoms with van der Waals surface area (Å²) in [5.74, 6) is 1.77. The minimum absolute atomic E-state index is 0.385. The third-order valence-electron chi connectivity index (χ3n) is 5.88. The molecule has 0 bridgehead atoms. The molecule has 4 rings (SSSR count). The first kappa shape index (κ1) is 21.4. The van der Waals surface area contributed by atoms with Crippen LogP contribution in [0.1, 0.15) is 35.6 Å². The summed E-state index contributed by atoms with van der Waals surface area (Å²) < 4.78 is 3.50. The van der Waals surface area contributed by atoms with Gasteiger partial charge < -0.3 is 16.0 Å². The third-order valence-corrected chi connectivity index (χ3v) is 5.88. The van der Waals surface area contributed by atoms with Crippen molar-refractivity contribution in [2.45, 2.75) is 25.2 Å². The van der Waals surface area contributed by atoms with E-state index in [9.17, 15) is 5.26 Å². The average molecular weight is 432 g/mol. The summed E-state index contributed by atoms with van der Waals surface area (Å²) in [6.07, 6.45) is 6.62. The summed E-state index contributed by atoms with van der Waals surface area (Å²) in [5.41, 5.74) is 9.51. The number of nitrogens with one attached hydrogen (secondary N) is 1. The number of anilines is 1. The first-order valence-electron chi connectivity index (χ1n) is 10.9. The fourth-order valence-corrected chi connectivity index (χ4v) is 4.21. The van der Waals surface area contributed by atoms with Crippen LogP contribution in [0.5, 0.6) is 0 Å². The van der Waals surface area contributed by atoms with Gasteiger partial charge >= 0.3 is 0 Å². The highest BCUT2D eigenvalue weighted by atomic mass is 15.3. The van der Waals surface area contributed by atoms with Gasteiger partial charge in [-0.2, -0.15) is 15.5 Å². The van der Waals surface area contributed by atoms with Crippen LogP contribution in [-0.2, 0) is 13.5 Å². The van der Waals surface area contributed by atoms with E-state index in [0.29, 0.717) is 23.7 Å². The molecular formula is C23H29N9. The number of rotatable bonds is 6. The molecule has 0 spiro atoms. The van der Waals surface area contributed by atoms with Crippen molar-refractivity contribution in [1.29, 1.82) is 5.26 Å². The Morgan fingerprint density at radius 3 is 2.84 bits per heavy atom. The van der Waals surface area contributed by atoms with Crippen molar-refractivity contribution in [3.05, 3.63) is 59.5 Å². The van der Waals surface area contributed by atoms with Crippen LogP contribution in [-0.4, -0.2) is 57.1 Å². The van der Waals surface area contributed by atoms with Gasteiger partial charge in [-0.05, 0) is 37.0 Å². The van der Waals surface area contributed by atoms with E-state index in [-0.39, 0.29) is 0 Å². The fraction of sp³-hybridized carbons (Fsp3) is 0.391. The summed E-state index contributed by atoms with van der Waals surface area (Å²) in [6.45, 7) is 2.64. The topological polar surface area (TPSA) is 113 Å². The van der Waals surface area contributed by atoms with Gasteiger partial charge in [-0.3, -0.25) is 9.67 Å². The molecule has 1 saturated heterocycles. The molecule has 1 atom stereocenters. The van der Waals surface area contributed by atoms with Gasteiger partial charge in [0.25, 0.3) is 0 Å². The van der Waals surface area contributed by atoms with Crippen molar-refractivity contribution < 1.29 is 0 Å². The van der Waals surface area contributed by atoms with Crippen LogP contribution < -0.4 is 11.1 Å². The number of aryl methyl sites for hydroxylation is 2. The maximum Gasteiger partial charge on any atom is 0.193 e. The quantitative estimate of drug-likeness (QED) is 0.351. The van der Waals surface area contributed by atoms with Gasteiger partial charge in [0.15, 0.2) is 5.96 Å². The van der Waals surface area contributed by atoms with E-state index in [1.54, 1.807) is 4.68 Å². The standard InChI is InChI=1S/C23H29N9/c1-26-23(31-12-10-17(16-31)18-14-28-30(2)15-18)27-11-6-9-21-20(13-24)22(25)32(29-21)19-7-4-3-5-8-19/h3-5,7-8,14-15,17H,6,9-12,16,25H2,1-2H3,(H,26,27). The van der Waals surface area contributed by atoms with Gasteiger partial charge in [0, 0.05) is 45.8 Å². The number of nitriles is 1. The number of benzene rings is 1. The van der Waals surface area contributed by atoms with Crippen molar-refractivity contribution in [2.24, 2.45) is 12.0 Å². The summed E-state index contributed by atoms with van der Waals surface area (Å²) in [6, 6.07) is 11.9. The van der Waals surface area contributed by atoms with Crippen LogP contribution in [0.2, 0.25) is 0 Å². The summed E-state index contributed by atoms with van der Waals surface area (Å²) >= 11 is 0. The highest BCUT2D eigenvalue weighted by Crippen LogP contribution is 2.26. The molecule has 32 heavy (non-hydrogen) atoms. The third kappa shape index (κ3) is 4.44. The second kappa shape index (κ2) is 9.56. The maximum atomic E-state index is 9.58. The predicted molar refractivity (Wildman–Crippen MR) is 125 cm³/mol. The van der Waals surface area contributed by atoms with Crippen molar-refractivity contribution in [2.75, 3.05) is 32.4 Å². The van der Waals surface area contributed by atoms with Crippen LogP contribution in [0.25, 0.3) is 5.69 Å². The molecule has 2 aromatic heterocycles. The lowest BCUT2D eigenvalue weighted by Crippen LogP contribution is -2.40. The zero-order valence-electron chi connectivity index (χ0n) is 18.6. The second-order valence-corrected chi connectivity index (χ2v) is 8.02. The monoisotopic (exact) mass is 431 g/mol.